The maximum atomic E-state index is 12.8. The highest BCUT2D eigenvalue weighted by molar-refractivity contribution is 6.30. The van der Waals surface area contributed by atoms with E-state index in [2.05, 4.69) is 21.3 Å². The molecule has 2 aromatic carbocycles. The molecule has 2 atom stereocenters. The summed E-state index contributed by atoms with van der Waals surface area (Å²) in [6.07, 6.45) is 1.26. The zero-order valence-electron chi connectivity index (χ0n) is 18.6. The van der Waals surface area contributed by atoms with Gasteiger partial charge in [-0.15, -0.1) is 0 Å². The first-order chi connectivity index (χ1) is 16.7. The van der Waals surface area contributed by atoms with E-state index in [0.717, 1.165) is 16.5 Å². The van der Waals surface area contributed by atoms with Gasteiger partial charge in [-0.2, -0.15) is 0 Å². The van der Waals surface area contributed by atoms with Crippen LogP contribution < -0.4 is 21.3 Å². The lowest BCUT2D eigenvalue weighted by Crippen LogP contribution is -2.54. The van der Waals surface area contributed by atoms with E-state index >= 15 is 0 Å². The number of halogens is 1. The molecule has 0 aromatic heterocycles. The molecule has 2 aliphatic heterocycles. The van der Waals surface area contributed by atoms with Crippen LogP contribution in [0, 0.1) is 0 Å². The molecule has 11 heteroatoms. The average Bonchev–Trinajstić information content (AvgIpc) is 3.07. The van der Waals surface area contributed by atoms with Crippen LogP contribution >= 0.6 is 11.6 Å². The standard InChI is InChI=1S/C24H22ClN5O5/c1-13(26-24(35)28-17-7-3-5-15(25)11-17)14-4-2-6-16(10-14)27-18-12-21(32)30(23(18)34)19-8-9-20(31)29-22(19)33/h2-7,10-13,19,27H,8-9H2,1H3,(H2,26,28,35)(H,29,31,33). The molecule has 0 radical (unpaired) electrons. The lowest BCUT2D eigenvalue weighted by atomic mass is 10.0. The third kappa shape index (κ3) is 5.49. The Balaban J connectivity index is 1.40. The molecule has 0 saturated carbocycles. The molecule has 1 fully saturated rings. The Labute approximate surface area is 205 Å². The Kier molecular flexibility index (Phi) is 6.83. The number of benzene rings is 2. The second kappa shape index (κ2) is 9.98. The summed E-state index contributed by atoms with van der Waals surface area (Å²) in [6.45, 7) is 1.80. The molecule has 0 spiro atoms. The maximum absolute atomic E-state index is 12.8. The van der Waals surface area contributed by atoms with Crippen LogP contribution in [-0.4, -0.2) is 40.6 Å². The summed E-state index contributed by atoms with van der Waals surface area (Å²) in [4.78, 5) is 62.0. The van der Waals surface area contributed by atoms with E-state index in [1.165, 1.54) is 0 Å². The number of amides is 6. The van der Waals surface area contributed by atoms with Crippen molar-refractivity contribution in [3.8, 4) is 0 Å². The highest BCUT2D eigenvalue weighted by atomic mass is 35.5. The molecule has 2 aliphatic rings. The van der Waals surface area contributed by atoms with Gasteiger partial charge in [0.25, 0.3) is 11.8 Å². The highest BCUT2D eigenvalue weighted by Crippen LogP contribution is 2.24. The van der Waals surface area contributed by atoms with Crippen molar-refractivity contribution in [2.24, 2.45) is 0 Å². The summed E-state index contributed by atoms with van der Waals surface area (Å²) in [6, 6.07) is 11.9. The maximum Gasteiger partial charge on any atom is 0.319 e. The summed E-state index contributed by atoms with van der Waals surface area (Å²) in [5.74, 6) is -2.38. The summed E-state index contributed by atoms with van der Waals surface area (Å²) in [5, 5.41) is 11.1. The van der Waals surface area contributed by atoms with Crippen LogP contribution in [0.2, 0.25) is 5.02 Å². The first kappa shape index (κ1) is 24.0. The Bertz CT molecular complexity index is 1260. The van der Waals surface area contributed by atoms with Crippen molar-refractivity contribution in [3.05, 3.63) is 70.9 Å². The molecule has 2 unspecified atom stereocenters. The minimum Gasteiger partial charge on any atom is -0.351 e. The van der Waals surface area contributed by atoms with Crippen LogP contribution in [0.4, 0.5) is 16.2 Å². The minimum atomic E-state index is -1.03. The predicted molar refractivity (Wildman–Crippen MR) is 128 cm³/mol. The van der Waals surface area contributed by atoms with Gasteiger partial charge in [-0.05, 0) is 49.2 Å². The van der Waals surface area contributed by atoms with Crippen molar-refractivity contribution < 1.29 is 24.0 Å². The van der Waals surface area contributed by atoms with Gasteiger partial charge in [0.05, 0.1) is 6.04 Å². The van der Waals surface area contributed by atoms with Crippen molar-refractivity contribution in [2.45, 2.75) is 31.8 Å². The molecular weight excluding hydrogens is 474 g/mol. The van der Waals surface area contributed by atoms with Gasteiger partial charge in [-0.3, -0.25) is 29.4 Å². The Morgan fingerprint density at radius 3 is 2.57 bits per heavy atom. The summed E-state index contributed by atoms with van der Waals surface area (Å²) in [5.41, 5.74) is 1.82. The van der Waals surface area contributed by atoms with Crippen molar-refractivity contribution in [3.63, 3.8) is 0 Å². The number of imide groups is 2. The van der Waals surface area contributed by atoms with Crippen molar-refractivity contribution in [2.75, 3.05) is 10.6 Å². The van der Waals surface area contributed by atoms with Crippen LogP contribution in [0.1, 0.15) is 31.4 Å². The van der Waals surface area contributed by atoms with Crippen LogP contribution in [0.15, 0.2) is 60.3 Å². The second-order valence-electron chi connectivity index (χ2n) is 8.12. The van der Waals surface area contributed by atoms with Gasteiger partial charge in [0.15, 0.2) is 0 Å². The van der Waals surface area contributed by atoms with Crippen LogP contribution in [-0.2, 0) is 19.2 Å². The SMILES string of the molecule is CC(NC(=O)Nc1cccc(Cl)c1)c1cccc(NC2=CC(=O)N(C3CCC(=O)NC3=O)C2=O)c1. The van der Waals surface area contributed by atoms with Gasteiger partial charge in [0.1, 0.15) is 11.7 Å². The third-order valence-electron chi connectivity index (χ3n) is 5.57. The summed E-state index contributed by atoms with van der Waals surface area (Å²) in [7, 11) is 0. The van der Waals surface area contributed by atoms with Gasteiger partial charge in [-0.25, -0.2) is 4.79 Å². The van der Waals surface area contributed by atoms with Crippen LogP contribution in [0.5, 0.6) is 0 Å². The summed E-state index contributed by atoms with van der Waals surface area (Å²) >= 11 is 5.94. The highest BCUT2D eigenvalue weighted by Gasteiger charge is 2.42. The molecule has 2 heterocycles. The molecule has 4 N–H and O–H groups in total. The smallest absolute Gasteiger partial charge is 0.319 e. The van der Waals surface area contributed by atoms with E-state index < -0.39 is 35.7 Å². The fourth-order valence-electron chi connectivity index (χ4n) is 3.85. The molecule has 180 valence electrons. The number of urea groups is 1. The zero-order valence-corrected chi connectivity index (χ0v) is 19.4. The van der Waals surface area contributed by atoms with Crippen molar-refractivity contribution in [1.82, 2.24) is 15.5 Å². The third-order valence-corrected chi connectivity index (χ3v) is 5.81. The lowest BCUT2D eigenvalue weighted by molar-refractivity contribution is -0.149. The Morgan fingerprint density at radius 1 is 1.09 bits per heavy atom. The molecule has 1 saturated heterocycles. The van der Waals surface area contributed by atoms with E-state index in [1.54, 1.807) is 55.5 Å². The molecular formula is C24H22ClN5O5. The Hall–Kier alpha value is -4.18. The van der Waals surface area contributed by atoms with Crippen molar-refractivity contribution in [1.29, 1.82) is 0 Å². The first-order valence-electron chi connectivity index (χ1n) is 10.8. The fourth-order valence-corrected chi connectivity index (χ4v) is 4.04. The number of hydrogen-bond acceptors (Lipinski definition) is 6. The molecule has 4 rings (SSSR count). The molecule has 0 bridgehead atoms. The second-order valence-corrected chi connectivity index (χ2v) is 8.56. The topological polar surface area (TPSA) is 137 Å². The molecule has 6 amide bonds. The number of nitrogens with zero attached hydrogens (tertiary/aromatic N) is 1. The monoisotopic (exact) mass is 495 g/mol. The van der Waals surface area contributed by atoms with Gasteiger partial charge in [0.2, 0.25) is 11.8 Å². The number of anilines is 2. The number of carbonyl (C=O) groups is 5. The zero-order chi connectivity index (χ0) is 25.1. The average molecular weight is 496 g/mol. The normalized spacial score (nSPS) is 18.6. The van der Waals surface area contributed by atoms with Crippen molar-refractivity contribution >= 4 is 52.6 Å². The lowest BCUT2D eigenvalue weighted by Gasteiger charge is -2.28. The molecule has 10 nitrogen and oxygen atoms in total. The van der Waals surface area contributed by atoms with Gasteiger partial charge in [0, 0.05) is 28.9 Å². The molecule has 35 heavy (non-hydrogen) atoms. The van der Waals surface area contributed by atoms with Crippen LogP contribution in [0.25, 0.3) is 0 Å². The van der Waals surface area contributed by atoms with E-state index in [0.29, 0.717) is 16.4 Å². The van der Waals surface area contributed by atoms with E-state index in [1.807, 2.05) is 0 Å². The number of rotatable bonds is 6. The van der Waals surface area contributed by atoms with E-state index in [-0.39, 0.29) is 24.6 Å². The van der Waals surface area contributed by atoms with Gasteiger partial charge in [-0.1, -0.05) is 29.8 Å². The van der Waals surface area contributed by atoms with E-state index in [9.17, 15) is 24.0 Å². The minimum absolute atomic E-state index is 0.0103. The number of nitrogens with one attached hydrogen (secondary N) is 4. The van der Waals surface area contributed by atoms with Gasteiger partial charge >= 0.3 is 6.03 Å². The van der Waals surface area contributed by atoms with E-state index in [4.69, 9.17) is 11.6 Å². The summed E-state index contributed by atoms with van der Waals surface area (Å²) < 4.78 is 0. The predicted octanol–water partition coefficient (Wildman–Crippen LogP) is 2.69. The Morgan fingerprint density at radius 2 is 1.83 bits per heavy atom. The quantitative estimate of drug-likeness (QED) is 0.455. The van der Waals surface area contributed by atoms with Gasteiger partial charge < -0.3 is 16.0 Å². The molecule has 0 aliphatic carbocycles. The fraction of sp³-hybridized carbons (Fsp3) is 0.208. The largest absolute Gasteiger partial charge is 0.351 e. The first-order valence-corrected chi connectivity index (χ1v) is 11.2. The number of carbonyl (C=O) groups excluding carboxylic acids is 5. The number of hydrogen-bond donors (Lipinski definition) is 4. The number of piperidine rings is 1. The molecule has 2 aromatic rings. The van der Waals surface area contributed by atoms with Crippen LogP contribution in [0.3, 0.4) is 0 Å².